The number of hydrogen-bond acceptors (Lipinski definition) is 2. The maximum atomic E-state index is 2.66. The van der Waals surface area contributed by atoms with Crippen LogP contribution in [0.3, 0.4) is 0 Å². The van der Waals surface area contributed by atoms with E-state index in [1.54, 1.807) is 0 Å². The second-order valence-electron chi connectivity index (χ2n) is 8.99. The van der Waals surface area contributed by atoms with Crippen LogP contribution < -0.4 is 0 Å². The molecule has 2 heteroatoms. The van der Waals surface area contributed by atoms with Gasteiger partial charge in [0.05, 0.1) is 0 Å². The summed E-state index contributed by atoms with van der Waals surface area (Å²) in [5.74, 6) is 0. The Morgan fingerprint density at radius 2 is 0.821 bits per heavy atom. The van der Waals surface area contributed by atoms with E-state index in [2.05, 4.69) is 43.0 Å². The topological polar surface area (TPSA) is 6.48 Å². The first kappa shape index (κ1) is 25.4. The quantitative estimate of drug-likeness (QED) is 0.192. The minimum Gasteiger partial charge on any atom is -0.356 e. The van der Waals surface area contributed by atoms with Crippen molar-refractivity contribution in [2.75, 3.05) is 13.1 Å². The van der Waals surface area contributed by atoms with Gasteiger partial charge in [0.2, 0.25) is 0 Å². The fraction of sp³-hybridized carbons (Fsp3) is 0.923. The fourth-order valence-electron chi connectivity index (χ4n) is 4.42. The molecule has 0 bridgehead atoms. The average molecular weight is 393 g/mol. The minimum absolute atomic E-state index is 0.645. The molecule has 0 fully saturated rings. The van der Waals surface area contributed by atoms with Crippen molar-refractivity contribution >= 4 is 0 Å². The predicted octanol–water partition coefficient (Wildman–Crippen LogP) is 8.48. The number of unbranched alkanes of at least 4 members (excludes halogenated alkanes) is 14. The molecule has 166 valence electrons. The Balaban J connectivity index is 2.24. The van der Waals surface area contributed by atoms with Crippen molar-refractivity contribution in [1.82, 2.24) is 9.80 Å². The lowest BCUT2D eigenvalue weighted by Gasteiger charge is -2.33. The van der Waals surface area contributed by atoms with Crippen LogP contribution >= 0.6 is 0 Å². The van der Waals surface area contributed by atoms with Gasteiger partial charge >= 0.3 is 0 Å². The van der Waals surface area contributed by atoms with Crippen molar-refractivity contribution in [2.24, 2.45) is 0 Å². The summed E-state index contributed by atoms with van der Waals surface area (Å²) in [4.78, 5) is 5.31. The van der Waals surface area contributed by atoms with Gasteiger partial charge < -0.3 is 9.80 Å². The molecule has 1 heterocycles. The van der Waals surface area contributed by atoms with E-state index in [-0.39, 0.29) is 0 Å². The van der Waals surface area contributed by atoms with Crippen molar-refractivity contribution in [3.63, 3.8) is 0 Å². The van der Waals surface area contributed by atoms with Crippen LogP contribution in [-0.4, -0.2) is 29.1 Å². The van der Waals surface area contributed by atoms with Crippen molar-refractivity contribution in [3.8, 4) is 0 Å². The lowest BCUT2D eigenvalue weighted by molar-refractivity contribution is 0.135. The van der Waals surface area contributed by atoms with Gasteiger partial charge in [-0.05, 0) is 25.7 Å². The van der Waals surface area contributed by atoms with Gasteiger partial charge in [-0.25, -0.2) is 0 Å². The second-order valence-corrected chi connectivity index (χ2v) is 8.99. The highest BCUT2D eigenvalue weighted by Gasteiger charge is 2.24. The summed E-state index contributed by atoms with van der Waals surface area (Å²) in [6.07, 6.45) is 30.6. The van der Waals surface area contributed by atoms with Crippen LogP contribution in [0.1, 0.15) is 136 Å². The van der Waals surface area contributed by atoms with Gasteiger partial charge in [0, 0.05) is 25.5 Å². The van der Waals surface area contributed by atoms with Crippen LogP contribution in [0.5, 0.6) is 0 Å². The van der Waals surface area contributed by atoms with E-state index in [4.69, 9.17) is 0 Å². The summed E-state index contributed by atoms with van der Waals surface area (Å²) >= 11 is 0. The SMILES string of the molecule is CCCCCCCCCN1C=CN(CCCCCCCCC)C1CCCCC. The number of hydrogen-bond donors (Lipinski definition) is 0. The molecular formula is C26H52N2. The summed E-state index contributed by atoms with van der Waals surface area (Å²) < 4.78 is 0. The second kappa shape index (κ2) is 18.4. The van der Waals surface area contributed by atoms with E-state index in [0.29, 0.717) is 6.17 Å². The standard InChI is InChI=1S/C26H52N2/c1-4-7-10-12-14-16-19-22-27-24-25-28(26(27)21-18-9-6-3)23-20-17-15-13-11-8-5-2/h24-26H,4-23H2,1-3H3. The largest absolute Gasteiger partial charge is 0.356 e. The van der Waals surface area contributed by atoms with Crippen LogP contribution in [0.2, 0.25) is 0 Å². The van der Waals surface area contributed by atoms with Gasteiger partial charge in [-0.1, -0.05) is 111 Å². The Morgan fingerprint density at radius 3 is 1.25 bits per heavy atom. The van der Waals surface area contributed by atoms with Crippen LogP contribution in [0.4, 0.5) is 0 Å². The lowest BCUT2D eigenvalue weighted by atomic mass is 10.1. The summed E-state index contributed by atoms with van der Waals surface area (Å²) in [5.41, 5.74) is 0. The molecule has 0 radical (unpaired) electrons. The number of nitrogens with zero attached hydrogens (tertiary/aromatic N) is 2. The normalized spacial score (nSPS) is 14.5. The zero-order chi connectivity index (χ0) is 20.3. The van der Waals surface area contributed by atoms with Crippen LogP contribution in [-0.2, 0) is 0 Å². The van der Waals surface area contributed by atoms with Crippen molar-refractivity contribution in [1.29, 1.82) is 0 Å². The van der Waals surface area contributed by atoms with Crippen LogP contribution in [0.15, 0.2) is 12.4 Å². The molecule has 0 N–H and O–H groups in total. The fourth-order valence-corrected chi connectivity index (χ4v) is 4.42. The van der Waals surface area contributed by atoms with Gasteiger partial charge in [0.15, 0.2) is 0 Å². The smallest absolute Gasteiger partial charge is 0.101 e. The number of rotatable bonds is 20. The van der Waals surface area contributed by atoms with E-state index < -0.39 is 0 Å². The van der Waals surface area contributed by atoms with E-state index >= 15 is 0 Å². The van der Waals surface area contributed by atoms with Gasteiger partial charge in [0.1, 0.15) is 6.17 Å². The summed E-state index contributed by atoms with van der Waals surface area (Å²) in [5, 5.41) is 0. The Kier molecular flexibility index (Phi) is 16.7. The highest BCUT2D eigenvalue weighted by Crippen LogP contribution is 2.23. The van der Waals surface area contributed by atoms with Gasteiger partial charge in [-0.15, -0.1) is 0 Å². The summed E-state index contributed by atoms with van der Waals surface area (Å²) in [7, 11) is 0. The third-order valence-electron chi connectivity index (χ3n) is 6.32. The Hall–Kier alpha value is -0.660. The molecule has 0 amide bonds. The zero-order valence-corrected chi connectivity index (χ0v) is 19.8. The predicted molar refractivity (Wildman–Crippen MR) is 126 cm³/mol. The molecule has 1 aliphatic heterocycles. The van der Waals surface area contributed by atoms with Gasteiger partial charge in [-0.3, -0.25) is 0 Å². The highest BCUT2D eigenvalue weighted by atomic mass is 15.4. The first-order valence-electron chi connectivity index (χ1n) is 13.0. The minimum atomic E-state index is 0.645. The van der Waals surface area contributed by atoms with Crippen LogP contribution in [0.25, 0.3) is 0 Å². The van der Waals surface area contributed by atoms with Crippen molar-refractivity contribution in [3.05, 3.63) is 12.4 Å². The molecule has 0 aliphatic carbocycles. The molecular weight excluding hydrogens is 340 g/mol. The molecule has 28 heavy (non-hydrogen) atoms. The zero-order valence-electron chi connectivity index (χ0n) is 19.8. The molecule has 0 saturated heterocycles. The van der Waals surface area contributed by atoms with E-state index in [9.17, 15) is 0 Å². The molecule has 0 unspecified atom stereocenters. The maximum Gasteiger partial charge on any atom is 0.101 e. The van der Waals surface area contributed by atoms with Gasteiger partial charge in [0.25, 0.3) is 0 Å². The van der Waals surface area contributed by atoms with E-state index in [1.165, 1.54) is 129 Å². The first-order valence-corrected chi connectivity index (χ1v) is 13.0. The van der Waals surface area contributed by atoms with E-state index in [1.807, 2.05) is 0 Å². The molecule has 1 rings (SSSR count). The molecule has 0 aromatic carbocycles. The third kappa shape index (κ3) is 12.0. The third-order valence-corrected chi connectivity index (χ3v) is 6.32. The van der Waals surface area contributed by atoms with Crippen LogP contribution in [0, 0.1) is 0 Å². The molecule has 0 atom stereocenters. The molecule has 2 nitrogen and oxygen atoms in total. The first-order chi connectivity index (χ1) is 13.8. The molecule has 0 aromatic rings. The molecule has 0 saturated carbocycles. The summed E-state index contributed by atoms with van der Waals surface area (Å²) in [6.45, 7) is 9.44. The lowest BCUT2D eigenvalue weighted by Crippen LogP contribution is -2.39. The molecule has 0 aromatic heterocycles. The molecule has 1 aliphatic rings. The van der Waals surface area contributed by atoms with Gasteiger partial charge in [-0.2, -0.15) is 0 Å². The maximum absolute atomic E-state index is 2.66. The monoisotopic (exact) mass is 392 g/mol. The van der Waals surface area contributed by atoms with Crippen molar-refractivity contribution in [2.45, 2.75) is 143 Å². The highest BCUT2D eigenvalue weighted by molar-refractivity contribution is 4.96. The Morgan fingerprint density at radius 1 is 0.464 bits per heavy atom. The Bertz CT molecular complexity index is 324. The summed E-state index contributed by atoms with van der Waals surface area (Å²) in [6, 6.07) is 0. The average Bonchev–Trinajstić information content (AvgIpc) is 3.08. The molecule has 0 spiro atoms. The van der Waals surface area contributed by atoms with Crippen molar-refractivity contribution < 1.29 is 0 Å². The van der Waals surface area contributed by atoms with E-state index in [0.717, 1.165) is 0 Å². The Labute approximate surface area is 178 Å².